The summed E-state index contributed by atoms with van der Waals surface area (Å²) in [6.45, 7) is 17.8. The van der Waals surface area contributed by atoms with Gasteiger partial charge in [-0.25, -0.2) is 0 Å². The van der Waals surface area contributed by atoms with E-state index in [1.807, 2.05) is 33.9 Å². The third-order valence-corrected chi connectivity index (χ3v) is 1.75. The van der Waals surface area contributed by atoms with E-state index in [-0.39, 0.29) is 1.43 Å². The summed E-state index contributed by atoms with van der Waals surface area (Å²) in [4.78, 5) is 0. The fourth-order valence-electron chi connectivity index (χ4n) is 1.28. The first-order valence-corrected chi connectivity index (χ1v) is 5.99. The molecule has 0 atom stereocenters. The lowest BCUT2D eigenvalue weighted by molar-refractivity contribution is 0.983. The lowest BCUT2D eigenvalue weighted by Crippen LogP contribution is -2.14. The Morgan fingerprint density at radius 1 is 1.24 bits per heavy atom. The molecule has 0 aromatic heterocycles. The molecule has 0 fully saturated rings. The van der Waals surface area contributed by atoms with Crippen molar-refractivity contribution in [1.82, 2.24) is 5.32 Å². The van der Waals surface area contributed by atoms with Crippen molar-refractivity contribution in [3.05, 3.63) is 47.3 Å². The number of nitrogens with one attached hydrogen (secondary N) is 1. The number of rotatable bonds is 4. The summed E-state index contributed by atoms with van der Waals surface area (Å²) in [6.07, 6.45) is 3.21. The molecule has 0 heterocycles. The number of allylic oxidation sites excluding steroid dienone is 3. The number of hydrogen-bond donors (Lipinski definition) is 2. The molecule has 17 heavy (non-hydrogen) atoms. The fourth-order valence-corrected chi connectivity index (χ4v) is 1.28. The van der Waals surface area contributed by atoms with E-state index in [4.69, 9.17) is 5.73 Å². The molecule has 0 saturated carbocycles. The van der Waals surface area contributed by atoms with Crippen molar-refractivity contribution in [3.8, 4) is 0 Å². The van der Waals surface area contributed by atoms with Crippen molar-refractivity contribution in [2.75, 3.05) is 7.05 Å². The lowest BCUT2D eigenvalue weighted by Gasteiger charge is -2.14. The average Bonchev–Trinajstić information content (AvgIpc) is 2.15. The molecule has 0 aliphatic carbocycles. The summed E-state index contributed by atoms with van der Waals surface area (Å²) in [7, 11) is 1.86. The van der Waals surface area contributed by atoms with Crippen LogP contribution in [0.25, 0.3) is 0 Å². The van der Waals surface area contributed by atoms with Gasteiger partial charge in [0.25, 0.3) is 0 Å². The molecule has 0 rings (SSSR count). The molecule has 0 aliphatic rings. The first-order chi connectivity index (χ1) is 7.81. The van der Waals surface area contributed by atoms with Crippen LogP contribution < -0.4 is 11.1 Å². The van der Waals surface area contributed by atoms with Crippen molar-refractivity contribution in [1.29, 1.82) is 0 Å². The molecule has 100 valence electrons. The van der Waals surface area contributed by atoms with E-state index in [2.05, 4.69) is 32.3 Å². The van der Waals surface area contributed by atoms with E-state index < -0.39 is 0 Å². The summed E-state index contributed by atoms with van der Waals surface area (Å²) in [5.41, 5.74) is 10.4. The first kappa shape index (κ1) is 17.9. The molecule has 0 spiro atoms. The van der Waals surface area contributed by atoms with Crippen LogP contribution in [-0.4, -0.2) is 7.05 Å². The van der Waals surface area contributed by atoms with E-state index >= 15 is 0 Å². The monoisotopic (exact) mass is 238 g/mol. The topological polar surface area (TPSA) is 38.0 Å². The van der Waals surface area contributed by atoms with Gasteiger partial charge in [0.2, 0.25) is 0 Å². The number of hydrogen-bond acceptors (Lipinski definition) is 2. The Bertz CT molecular complexity index is 321. The second-order valence-corrected chi connectivity index (χ2v) is 4.26. The summed E-state index contributed by atoms with van der Waals surface area (Å²) >= 11 is 0. The van der Waals surface area contributed by atoms with Crippen LogP contribution in [0.15, 0.2) is 47.3 Å². The smallest absolute Gasteiger partial charge is 0.0433 e. The Hall–Kier alpha value is -1.44. The van der Waals surface area contributed by atoms with Crippen molar-refractivity contribution in [2.24, 2.45) is 5.73 Å². The number of nitrogens with two attached hydrogens (primary N) is 1. The van der Waals surface area contributed by atoms with Gasteiger partial charge in [-0.05, 0) is 26.8 Å². The van der Waals surface area contributed by atoms with Crippen molar-refractivity contribution in [3.63, 3.8) is 0 Å². The molecule has 3 N–H and O–H groups in total. The molecule has 0 radical (unpaired) electrons. The van der Waals surface area contributed by atoms with E-state index in [0.29, 0.717) is 5.70 Å². The second kappa shape index (κ2) is 9.76. The molecule has 0 aliphatic heterocycles. The van der Waals surface area contributed by atoms with E-state index in [1.54, 1.807) is 0 Å². The minimum Gasteiger partial charge on any atom is -0.399 e. The van der Waals surface area contributed by atoms with Crippen LogP contribution in [0.5, 0.6) is 0 Å². The van der Waals surface area contributed by atoms with Crippen LogP contribution in [0.2, 0.25) is 0 Å². The minimum atomic E-state index is 0. The predicted octanol–water partition coefficient (Wildman–Crippen LogP) is 4.14. The Morgan fingerprint density at radius 2 is 1.65 bits per heavy atom. The highest BCUT2D eigenvalue weighted by molar-refractivity contribution is 5.47. The molecule has 0 bridgehead atoms. The van der Waals surface area contributed by atoms with Crippen molar-refractivity contribution < 1.29 is 1.43 Å². The quantitative estimate of drug-likeness (QED) is 0.722. The van der Waals surface area contributed by atoms with Crippen LogP contribution in [0.3, 0.4) is 0 Å². The lowest BCUT2D eigenvalue weighted by atomic mass is 10.0. The zero-order valence-electron chi connectivity index (χ0n) is 12.3. The minimum absolute atomic E-state index is 0. The maximum absolute atomic E-state index is 5.73. The van der Waals surface area contributed by atoms with E-state index in [1.165, 1.54) is 6.42 Å². The zero-order chi connectivity index (χ0) is 14.0. The molecular formula is C15H30N2. The van der Waals surface area contributed by atoms with Crippen LogP contribution in [0, 0.1) is 0 Å². The Kier molecular flexibility index (Phi) is 10.3. The van der Waals surface area contributed by atoms with Gasteiger partial charge in [0.1, 0.15) is 0 Å². The largest absolute Gasteiger partial charge is 0.399 e. The van der Waals surface area contributed by atoms with Gasteiger partial charge in [0.15, 0.2) is 0 Å². The molecular weight excluding hydrogens is 208 g/mol. The SMILES string of the molecule is C=C(C)/C=C(/NC)C(C(=C)N)=C(C)C.CCC.[HH]. The fraction of sp³-hybridized carbons (Fsp3) is 0.467. The maximum Gasteiger partial charge on any atom is 0.0433 e. The average molecular weight is 238 g/mol. The molecule has 0 aromatic rings. The van der Waals surface area contributed by atoms with Gasteiger partial charge in [-0.15, -0.1) is 0 Å². The molecule has 0 saturated heterocycles. The number of likely N-dealkylation sites (N-methyl/N-ethyl adjacent to an activating group) is 1. The summed E-state index contributed by atoms with van der Waals surface area (Å²) in [5, 5.41) is 3.10. The third-order valence-electron chi connectivity index (χ3n) is 1.75. The van der Waals surface area contributed by atoms with Crippen molar-refractivity contribution in [2.45, 2.75) is 41.0 Å². The highest BCUT2D eigenvalue weighted by Gasteiger charge is 2.06. The molecule has 2 heteroatoms. The van der Waals surface area contributed by atoms with Gasteiger partial charge < -0.3 is 11.1 Å². The Balaban J connectivity index is -0.000000507. The van der Waals surface area contributed by atoms with Gasteiger partial charge >= 0.3 is 0 Å². The molecule has 0 aromatic carbocycles. The van der Waals surface area contributed by atoms with Gasteiger partial charge in [-0.1, -0.05) is 44.6 Å². The van der Waals surface area contributed by atoms with Crippen LogP contribution in [0.1, 0.15) is 42.5 Å². The van der Waals surface area contributed by atoms with Crippen molar-refractivity contribution >= 4 is 0 Å². The van der Waals surface area contributed by atoms with Crippen LogP contribution >= 0.6 is 0 Å². The van der Waals surface area contributed by atoms with Crippen LogP contribution in [0.4, 0.5) is 0 Å². The van der Waals surface area contributed by atoms with Gasteiger partial charge in [-0.3, -0.25) is 0 Å². The predicted molar refractivity (Wildman–Crippen MR) is 81.7 cm³/mol. The Morgan fingerprint density at radius 3 is 1.82 bits per heavy atom. The van der Waals surface area contributed by atoms with E-state index in [9.17, 15) is 0 Å². The maximum atomic E-state index is 5.73. The normalized spacial score (nSPS) is 9.88. The first-order valence-electron chi connectivity index (χ1n) is 5.99. The summed E-state index contributed by atoms with van der Waals surface area (Å²) in [5.74, 6) is 0. The zero-order valence-corrected chi connectivity index (χ0v) is 12.3. The van der Waals surface area contributed by atoms with E-state index in [0.717, 1.165) is 22.4 Å². The van der Waals surface area contributed by atoms with Gasteiger partial charge in [0, 0.05) is 25.4 Å². The molecule has 0 amide bonds. The van der Waals surface area contributed by atoms with Gasteiger partial charge in [-0.2, -0.15) is 0 Å². The highest BCUT2D eigenvalue weighted by Crippen LogP contribution is 2.17. The highest BCUT2D eigenvalue weighted by atomic mass is 14.8. The summed E-state index contributed by atoms with van der Waals surface area (Å²) in [6, 6.07) is 0. The standard InChI is InChI=1S/C12H20N2.C3H8.H2/c1-8(2)7-11(14-6)12(9(3)4)10(5)13;1-3-2;/h7,14H,1,5,13H2,2-4,6H3;3H2,1-2H3;1H/b11-7+;;. The third kappa shape index (κ3) is 8.38. The molecule has 0 unspecified atom stereocenters. The van der Waals surface area contributed by atoms with Crippen LogP contribution in [-0.2, 0) is 0 Å². The summed E-state index contributed by atoms with van der Waals surface area (Å²) < 4.78 is 0. The second-order valence-electron chi connectivity index (χ2n) is 4.26. The molecule has 2 nitrogen and oxygen atoms in total. The van der Waals surface area contributed by atoms with Gasteiger partial charge in [0.05, 0.1) is 0 Å². The Labute approximate surface area is 108 Å².